The molecule has 1 N–H and O–H groups in total. The van der Waals surface area contributed by atoms with Gasteiger partial charge < -0.3 is 10.1 Å². The van der Waals surface area contributed by atoms with Gasteiger partial charge in [0, 0.05) is 0 Å². The molecule has 3 heteroatoms. The van der Waals surface area contributed by atoms with Crippen LogP contribution in [0.25, 0.3) is 0 Å². The van der Waals surface area contributed by atoms with Gasteiger partial charge in [-0.1, -0.05) is 43.3 Å². The number of amides is 1. The maximum Gasteiger partial charge on any atom is 0.258 e. The van der Waals surface area contributed by atoms with Crippen molar-refractivity contribution in [1.82, 2.24) is 5.32 Å². The van der Waals surface area contributed by atoms with E-state index < -0.39 is 0 Å². The molecule has 0 spiro atoms. The molecule has 0 heterocycles. The average Bonchev–Trinajstić information content (AvgIpc) is 2.54. The highest BCUT2D eigenvalue weighted by molar-refractivity contribution is 5.78. The summed E-state index contributed by atoms with van der Waals surface area (Å²) < 4.78 is 5.48. The van der Waals surface area contributed by atoms with Crippen molar-refractivity contribution in [3.05, 3.63) is 65.2 Å². The monoisotopic (exact) mass is 297 g/mol. The van der Waals surface area contributed by atoms with Gasteiger partial charge in [-0.3, -0.25) is 4.79 Å². The molecule has 0 fully saturated rings. The van der Waals surface area contributed by atoms with E-state index in [1.807, 2.05) is 30.3 Å². The van der Waals surface area contributed by atoms with Gasteiger partial charge in [0.25, 0.3) is 5.91 Å². The minimum atomic E-state index is -0.103. The summed E-state index contributed by atoms with van der Waals surface area (Å²) >= 11 is 0. The second-order valence-corrected chi connectivity index (χ2v) is 5.47. The molecular weight excluding hydrogens is 274 g/mol. The van der Waals surface area contributed by atoms with Crippen LogP contribution in [0.4, 0.5) is 0 Å². The third-order valence-corrected chi connectivity index (χ3v) is 3.79. The lowest BCUT2D eigenvalue weighted by Crippen LogP contribution is -2.32. The fourth-order valence-corrected chi connectivity index (χ4v) is 2.30. The number of nitrogens with one attached hydrogen (secondary N) is 1. The van der Waals surface area contributed by atoms with Crippen LogP contribution in [0.15, 0.2) is 48.5 Å². The summed E-state index contributed by atoms with van der Waals surface area (Å²) in [6, 6.07) is 15.7. The Morgan fingerprint density at radius 2 is 1.82 bits per heavy atom. The summed E-state index contributed by atoms with van der Waals surface area (Å²) in [6.45, 7) is 6.28. The van der Waals surface area contributed by atoms with Gasteiger partial charge >= 0.3 is 0 Å². The average molecular weight is 297 g/mol. The molecule has 2 aromatic rings. The topological polar surface area (TPSA) is 38.3 Å². The largest absolute Gasteiger partial charge is 0.484 e. The van der Waals surface area contributed by atoms with Crippen molar-refractivity contribution < 1.29 is 9.53 Å². The molecular formula is C19H23NO2. The predicted octanol–water partition coefficient (Wildman–Crippen LogP) is 3.95. The molecule has 3 nitrogen and oxygen atoms in total. The minimum absolute atomic E-state index is 0.0196. The number of hydrogen-bond acceptors (Lipinski definition) is 2. The lowest BCUT2D eigenvalue weighted by atomic mass is 9.99. The molecule has 0 saturated carbocycles. The van der Waals surface area contributed by atoms with Crippen LogP contribution in [0.5, 0.6) is 5.75 Å². The first-order valence-corrected chi connectivity index (χ1v) is 7.64. The van der Waals surface area contributed by atoms with Crippen molar-refractivity contribution in [3.8, 4) is 5.75 Å². The lowest BCUT2D eigenvalue weighted by Gasteiger charge is -2.18. The Labute approximate surface area is 132 Å². The first-order chi connectivity index (χ1) is 10.6. The highest BCUT2D eigenvalue weighted by Gasteiger charge is 2.13. The van der Waals surface area contributed by atoms with Crippen molar-refractivity contribution in [1.29, 1.82) is 0 Å². The molecule has 0 unspecified atom stereocenters. The minimum Gasteiger partial charge on any atom is -0.484 e. The summed E-state index contributed by atoms with van der Waals surface area (Å²) in [5.74, 6) is 0.603. The molecule has 0 saturated heterocycles. The van der Waals surface area contributed by atoms with Gasteiger partial charge in [0.2, 0.25) is 0 Å². The van der Waals surface area contributed by atoms with Gasteiger partial charge in [-0.25, -0.2) is 0 Å². The van der Waals surface area contributed by atoms with Gasteiger partial charge in [0.05, 0.1) is 6.04 Å². The van der Waals surface area contributed by atoms with Crippen LogP contribution >= 0.6 is 0 Å². The quantitative estimate of drug-likeness (QED) is 0.876. The molecule has 22 heavy (non-hydrogen) atoms. The predicted molar refractivity (Wildman–Crippen MR) is 89.0 cm³/mol. The van der Waals surface area contributed by atoms with Crippen molar-refractivity contribution in [2.24, 2.45) is 0 Å². The first kappa shape index (κ1) is 16.1. The molecule has 2 rings (SSSR count). The van der Waals surface area contributed by atoms with Crippen LogP contribution in [0.3, 0.4) is 0 Å². The second-order valence-electron chi connectivity index (χ2n) is 5.47. The van der Waals surface area contributed by atoms with E-state index in [1.165, 1.54) is 11.1 Å². The van der Waals surface area contributed by atoms with Gasteiger partial charge in [-0.05, 0) is 49.1 Å². The molecule has 1 atom stereocenters. The van der Waals surface area contributed by atoms with Gasteiger partial charge in [0.15, 0.2) is 6.61 Å². The summed E-state index contributed by atoms with van der Waals surface area (Å²) in [4.78, 5) is 12.1. The lowest BCUT2D eigenvalue weighted by molar-refractivity contribution is -0.123. The van der Waals surface area contributed by atoms with Crippen LogP contribution < -0.4 is 10.1 Å². The fraction of sp³-hybridized carbons (Fsp3) is 0.316. The van der Waals surface area contributed by atoms with E-state index in [1.54, 1.807) is 0 Å². The van der Waals surface area contributed by atoms with Crippen LogP contribution in [0.1, 0.15) is 36.1 Å². The Hall–Kier alpha value is -2.29. The number of carbonyl (C=O) groups is 1. The van der Waals surface area contributed by atoms with Crippen LogP contribution in [-0.2, 0) is 4.79 Å². The van der Waals surface area contributed by atoms with Gasteiger partial charge in [-0.15, -0.1) is 0 Å². The number of carbonyl (C=O) groups excluding carboxylic acids is 1. The third kappa shape index (κ3) is 4.35. The first-order valence-electron chi connectivity index (χ1n) is 7.64. The zero-order valence-corrected chi connectivity index (χ0v) is 13.4. The maximum absolute atomic E-state index is 12.1. The summed E-state index contributed by atoms with van der Waals surface area (Å²) in [5, 5.41) is 3.04. The standard InChI is InChI=1S/C19H23NO2/c1-4-18(16-11-10-14(2)15(3)12-16)20-19(21)13-22-17-8-6-5-7-9-17/h5-12,18H,4,13H2,1-3H3,(H,20,21)/t18-/m1/s1. The van der Waals surface area contributed by atoms with Crippen molar-refractivity contribution in [2.75, 3.05) is 6.61 Å². The van der Waals surface area contributed by atoms with Crippen LogP contribution in [0.2, 0.25) is 0 Å². The second kappa shape index (κ2) is 7.64. The van der Waals surface area contributed by atoms with Crippen LogP contribution in [-0.4, -0.2) is 12.5 Å². The van der Waals surface area contributed by atoms with E-state index in [9.17, 15) is 4.79 Å². The Morgan fingerprint density at radius 1 is 1.09 bits per heavy atom. The van der Waals surface area contributed by atoms with Gasteiger partial charge in [0.1, 0.15) is 5.75 Å². The van der Waals surface area contributed by atoms with Crippen molar-refractivity contribution >= 4 is 5.91 Å². The molecule has 0 aliphatic carbocycles. The Bertz CT molecular complexity index is 623. The molecule has 0 aromatic heterocycles. The zero-order chi connectivity index (χ0) is 15.9. The smallest absolute Gasteiger partial charge is 0.258 e. The molecule has 1 amide bonds. The Kier molecular flexibility index (Phi) is 5.59. The van der Waals surface area contributed by atoms with E-state index in [2.05, 4.69) is 44.3 Å². The third-order valence-electron chi connectivity index (χ3n) is 3.79. The Balaban J connectivity index is 1.94. The van der Waals surface area contributed by atoms with E-state index in [0.29, 0.717) is 5.75 Å². The molecule has 0 aliphatic heterocycles. The summed E-state index contributed by atoms with van der Waals surface area (Å²) in [6.07, 6.45) is 0.847. The highest BCUT2D eigenvalue weighted by Crippen LogP contribution is 2.19. The number of rotatable bonds is 6. The van der Waals surface area contributed by atoms with Crippen molar-refractivity contribution in [3.63, 3.8) is 0 Å². The number of hydrogen-bond donors (Lipinski definition) is 1. The molecule has 2 aromatic carbocycles. The molecule has 0 radical (unpaired) electrons. The summed E-state index contributed by atoms with van der Waals surface area (Å²) in [7, 11) is 0. The molecule has 0 aliphatic rings. The Morgan fingerprint density at radius 3 is 2.45 bits per heavy atom. The number of ether oxygens (including phenoxy) is 1. The van der Waals surface area contributed by atoms with E-state index >= 15 is 0 Å². The van der Waals surface area contributed by atoms with Crippen molar-refractivity contribution in [2.45, 2.75) is 33.2 Å². The number of benzene rings is 2. The highest BCUT2D eigenvalue weighted by atomic mass is 16.5. The van der Waals surface area contributed by atoms with E-state index in [4.69, 9.17) is 4.74 Å². The number of aryl methyl sites for hydroxylation is 2. The van der Waals surface area contributed by atoms with E-state index in [-0.39, 0.29) is 18.6 Å². The zero-order valence-electron chi connectivity index (χ0n) is 13.4. The molecule has 116 valence electrons. The normalized spacial score (nSPS) is 11.8. The van der Waals surface area contributed by atoms with E-state index in [0.717, 1.165) is 12.0 Å². The fourth-order valence-electron chi connectivity index (χ4n) is 2.30. The SMILES string of the molecule is CC[C@@H](NC(=O)COc1ccccc1)c1ccc(C)c(C)c1. The number of para-hydroxylation sites is 1. The maximum atomic E-state index is 12.1. The van der Waals surface area contributed by atoms with Gasteiger partial charge in [-0.2, -0.15) is 0 Å². The molecule has 0 bridgehead atoms. The summed E-state index contributed by atoms with van der Waals surface area (Å²) in [5.41, 5.74) is 3.64. The van der Waals surface area contributed by atoms with Crippen LogP contribution in [0, 0.1) is 13.8 Å².